The van der Waals surface area contributed by atoms with Crippen molar-refractivity contribution in [1.82, 2.24) is 0 Å². The zero-order valence-electron chi connectivity index (χ0n) is 6.40. The van der Waals surface area contributed by atoms with Gasteiger partial charge < -0.3 is 9.84 Å². The van der Waals surface area contributed by atoms with Gasteiger partial charge in [-0.1, -0.05) is 18.2 Å². The van der Waals surface area contributed by atoms with Gasteiger partial charge in [0.25, 0.3) is 0 Å². The van der Waals surface area contributed by atoms with Crippen LogP contribution in [0.15, 0.2) is 24.3 Å². The maximum absolute atomic E-state index is 9.65. The smallest absolute Gasteiger partial charge is 0.152 e. The van der Waals surface area contributed by atoms with Crippen molar-refractivity contribution in [1.29, 1.82) is 0 Å². The molecule has 1 heterocycles. The van der Waals surface area contributed by atoms with Crippen molar-refractivity contribution in [2.24, 2.45) is 0 Å². The van der Waals surface area contributed by atoms with Gasteiger partial charge in [-0.25, -0.2) is 0 Å². The first-order chi connectivity index (χ1) is 5.77. The van der Waals surface area contributed by atoms with Crippen LogP contribution in [0.25, 0.3) is 0 Å². The molecule has 12 heavy (non-hydrogen) atoms. The van der Waals surface area contributed by atoms with E-state index in [-0.39, 0.29) is 10.2 Å². The van der Waals surface area contributed by atoms with Crippen molar-refractivity contribution in [3.63, 3.8) is 0 Å². The maximum Gasteiger partial charge on any atom is 0.152 e. The fourth-order valence-electron chi connectivity index (χ4n) is 1.35. The number of hydrogen-bond donors (Lipinski definition) is 1. The highest BCUT2D eigenvalue weighted by molar-refractivity contribution is 14.1. The molecule has 0 aliphatic carbocycles. The second-order valence-electron chi connectivity index (χ2n) is 2.82. The van der Waals surface area contributed by atoms with Crippen molar-refractivity contribution in [3.05, 3.63) is 29.8 Å². The first-order valence-corrected chi connectivity index (χ1v) is 5.09. The Balaban J connectivity index is 2.40. The molecule has 0 bridgehead atoms. The number of aliphatic hydroxyl groups excluding tert-OH is 1. The second kappa shape index (κ2) is 3.22. The average molecular weight is 276 g/mol. The minimum absolute atomic E-state index is 0.0903. The number of fused-ring (bicyclic) bond motifs is 1. The van der Waals surface area contributed by atoms with Gasteiger partial charge in [-0.2, -0.15) is 0 Å². The Morgan fingerprint density at radius 1 is 1.42 bits per heavy atom. The number of para-hydroxylation sites is 1. The predicted octanol–water partition coefficient (Wildman–Crippen LogP) is 2.26. The van der Waals surface area contributed by atoms with Crippen molar-refractivity contribution in [3.8, 4) is 5.75 Å². The number of ether oxygens (including phenoxy) is 1. The normalized spacial score (nSPS) is 27.5. The summed E-state index contributed by atoms with van der Waals surface area (Å²) in [6.07, 6.45) is 0.314. The molecule has 1 aromatic carbocycles. The number of halogens is 1. The van der Waals surface area contributed by atoms with Gasteiger partial charge >= 0.3 is 0 Å². The van der Waals surface area contributed by atoms with Crippen molar-refractivity contribution >= 4 is 22.6 Å². The zero-order chi connectivity index (χ0) is 8.55. The summed E-state index contributed by atoms with van der Waals surface area (Å²) >= 11 is 2.19. The van der Waals surface area contributed by atoms with Gasteiger partial charge in [0.15, 0.2) is 4.11 Å². The molecule has 1 N–H and O–H groups in total. The highest BCUT2D eigenvalue weighted by Crippen LogP contribution is 2.35. The number of aliphatic hydroxyl groups is 1. The van der Waals surface area contributed by atoms with E-state index in [1.54, 1.807) is 0 Å². The van der Waals surface area contributed by atoms with E-state index in [9.17, 15) is 5.11 Å². The van der Waals surface area contributed by atoms with E-state index in [1.807, 2.05) is 24.3 Å². The summed E-state index contributed by atoms with van der Waals surface area (Å²) in [6, 6.07) is 7.63. The highest BCUT2D eigenvalue weighted by atomic mass is 127. The topological polar surface area (TPSA) is 29.5 Å². The maximum atomic E-state index is 9.65. The predicted molar refractivity (Wildman–Crippen MR) is 54.5 cm³/mol. The molecule has 1 aromatic rings. The number of rotatable bonds is 0. The molecular formula is C9H9IO2. The molecule has 1 aliphatic heterocycles. The Morgan fingerprint density at radius 2 is 2.17 bits per heavy atom. The zero-order valence-corrected chi connectivity index (χ0v) is 8.56. The van der Waals surface area contributed by atoms with Crippen LogP contribution in [0.5, 0.6) is 5.75 Å². The third-order valence-corrected chi connectivity index (χ3v) is 2.70. The molecule has 0 spiro atoms. The monoisotopic (exact) mass is 276 g/mol. The first kappa shape index (κ1) is 8.31. The lowest BCUT2D eigenvalue weighted by Gasteiger charge is -2.25. The van der Waals surface area contributed by atoms with E-state index < -0.39 is 0 Å². The lowest BCUT2D eigenvalue weighted by Crippen LogP contribution is -2.19. The van der Waals surface area contributed by atoms with Gasteiger partial charge in [-0.15, -0.1) is 0 Å². The Morgan fingerprint density at radius 3 is 3.00 bits per heavy atom. The van der Waals surface area contributed by atoms with E-state index >= 15 is 0 Å². The van der Waals surface area contributed by atoms with E-state index in [0.29, 0.717) is 6.42 Å². The molecule has 2 unspecified atom stereocenters. The third-order valence-electron chi connectivity index (χ3n) is 1.94. The first-order valence-electron chi connectivity index (χ1n) is 3.85. The lowest BCUT2D eigenvalue weighted by atomic mass is 10.0. The molecule has 2 atom stereocenters. The van der Waals surface area contributed by atoms with Gasteiger partial charge in [0.1, 0.15) is 5.75 Å². The number of benzene rings is 1. The van der Waals surface area contributed by atoms with Crippen LogP contribution >= 0.6 is 22.6 Å². The van der Waals surface area contributed by atoms with Crippen LogP contribution in [0.1, 0.15) is 18.1 Å². The number of hydrogen-bond acceptors (Lipinski definition) is 2. The van der Waals surface area contributed by atoms with Gasteiger partial charge in [0, 0.05) is 12.0 Å². The lowest BCUT2D eigenvalue weighted by molar-refractivity contribution is 0.108. The summed E-state index contributed by atoms with van der Waals surface area (Å²) in [5, 5.41) is 9.65. The summed E-state index contributed by atoms with van der Waals surface area (Å²) in [4.78, 5) is 0. The fourth-order valence-corrected chi connectivity index (χ4v) is 2.11. The molecule has 0 aromatic heterocycles. The van der Waals surface area contributed by atoms with E-state index in [0.717, 1.165) is 11.3 Å². The second-order valence-corrected chi connectivity index (χ2v) is 4.21. The van der Waals surface area contributed by atoms with Crippen LogP contribution in [0.2, 0.25) is 0 Å². The SMILES string of the molecule is OC1CC(I)Oc2ccccc21. The molecule has 2 rings (SSSR count). The molecule has 3 heteroatoms. The van der Waals surface area contributed by atoms with Gasteiger partial charge in [0.05, 0.1) is 6.10 Å². The van der Waals surface area contributed by atoms with Crippen molar-refractivity contribution in [2.75, 3.05) is 0 Å². The van der Waals surface area contributed by atoms with E-state index in [2.05, 4.69) is 22.6 Å². The summed E-state index contributed by atoms with van der Waals surface area (Å²) in [5.74, 6) is 0.815. The quantitative estimate of drug-likeness (QED) is 0.582. The van der Waals surface area contributed by atoms with Crippen LogP contribution < -0.4 is 4.74 Å². The van der Waals surface area contributed by atoms with Gasteiger partial charge in [-0.05, 0) is 28.7 Å². The molecule has 0 radical (unpaired) electrons. The Labute approximate surface area is 84.7 Å². The van der Waals surface area contributed by atoms with Crippen LogP contribution in [0, 0.1) is 0 Å². The average Bonchev–Trinajstić information content (AvgIpc) is 2.04. The third kappa shape index (κ3) is 1.43. The van der Waals surface area contributed by atoms with Crippen molar-refractivity contribution in [2.45, 2.75) is 16.6 Å². The minimum atomic E-state index is -0.364. The van der Waals surface area contributed by atoms with E-state index in [4.69, 9.17) is 4.74 Å². The van der Waals surface area contributed by atoms with Crippen molar-refractivity contribution < 1.29 is 9.84 Å². The Bertz CT molecular complexity index is 288. The molecule has 1 aliphatic rings. The molecule has 2 nitrogen and oxygen atoms in total. The molecule has 64 valence electrons. The molecule has 0 fully saturated rings. The van der Waals surface area contributed by atoms with E-state index in [1.165, 1.54) is 0 Å². The molecule has 0 saturated heterocycles. The largest absolute Gasteiger partial charge is 0.480 e. The molecule has 0 amide bonds. The van der Waals surface area contributed by atoms with Crippen LogP contribution in [0.3, 0.4) is 0 Å². The summed E-state index contributed by atoms with van der Waals surface area (Å²) in [7, 11) is 0. The highest BCUT2D eigenvalue weighted by Gasteiger charge is 2.23. The minimum Gasteiger partial charge on any atom is -0.480 e. The van der Waals surface area contributed by atoms with Gasteiger partial charge in [-0.3, -0.25) is 0 Å². The molecule has 0 saturated carbocycles. The summed E-state index contributed by atoms with van der Waals surface area (Å²) < 4.78 is 5.62. The van der Waals surface area contributed by atoms with Crippen LogP contribution in [-0.4, -0.2) is 9.22 Å². The van der Waals surface area contributed by atoms with Crippen LogP contribution in [0.4, 0.5) is 0 Å². The summed E-state index contributed by atoms with van der Waals surface area (Å²) in [5.41, 5.74) is 0.908. The standard InChI is InChI=1S/C9H9IO2/c10-9-5-7(11)6-3-1-2-4-8(6)12-9/h1-4,7,9,11H,5H2. The Hall–Kier alpha value is -0.290. The fraction of sp³-hybridized carbons (Fsp3) is 0.333. The summed E-state index contributed by atoms with van der Waals surface area (Å²) in [6.45, 7) is 0. The van der Waals surface area contributed by atoms with Gasteiger partial charge in [0.2, 0.25) is 0 Å². The number of alkyl halides is 1. The Kier molecular flexibility index (Phi) is 2.23. The molecular weight excluding hydrogens is 267 g/mol. The van der Waals surface area contributed by atoms with Crippen LogP contribution in [-0.2, 0) is 0 Å².